The van der Waals surface area contributed by atoms with Crippen LogP contribution in [0.3, 0.4) is 0 Å². The van der Waals surface area contributed by atoms with Crippen molar-refractivity contribution in [2.75, 3.05) is 5.32 Å². The van der Waals surface area contributed by atoms with Gasteiger partial charge in [0.15, 0.2) is 0 Å². The summed E-state index contributed by atoms with van der Waals surface area (Å²) in [6.45, 7) is 2.01. The predicted molar refractivity (Wildman–Crippen MR) is 56.5 cm³/mol. The third-order valence-electron chi connectivity index (χ3n) is 1.95. The van der Waals surface area contributed by atoms with Crippen LogP contribution in [0.2, 0.25) is 0 Å². The van der Waals surface area contributed by atoms with E-state index in [0.29, 0.717) is 0 Å². The molecule has 1 N–H and O–H groups in total. The number of aryl methyl sites for hydroxylation is 1. The van der Waals surface area contributed by atoms with Gasteiger partial charge in [-0.2, -0.15) is 0 Å². The molecule has 2 aromatic heterocycles. The molecule has 3 nitrogen and oxygen atoms in total. The number of anilines is 2. The van der Waals surface area contributed by atoms with Gasteiger partial charge in [-0.25, -0.2) is 4.98 Å². The lowest BCUT2D eigenvalue weighted by Gasteiger charge is -2.06. The monoisotopic (exact) mass is 185 g/mol. The standard InChI is InChI=1S/C11H11N3/c1-9-8-12-7-5-10(9)14-11-4-2-3-6-13-11/h2-8H,1H3,(H,12,13,14). The molecule has 0 aliphatic rings. The number of pyridine rings is 2. The highest BCUT2D eigenvalue weighted by atomic mass is 15.0. The maximum atomic E-state index is 4.18. The second-order valence-electron chi connectivity index (χ2n) is 3.03. The second-order valence-corrected chi connectivity index (χ2v) is 3.03. The van der Waals surface area contributed by atoms with Crippen LogP contribution in [0.4, 0.5) is 11.5 Å². The molecule has 0 aliphatic carbocycles. The van der Waals surface area contributed by atoms with Crippen LogP contribution in [0.15, 0.2) is 42.9 Å². The quantitative estimate of drug-likeness (QED) is 0.781. The van der Waals surface area contributed by atoms with Crippen LogP contribution in [-0.4, -0.2) is 9.97 Å². The van der Waals surface area contributed by atoms with Crippen molar-refractivity contribution in [3.8, 4) is 0 Å². The lowest BCUT2D eigenvalue weighted by Crippen LogP contribution is -1.94. The maximum Gasteiger partial charge on any atom is 0.130 e. The van der Waals surface area contributed by atoms with Crippen molar-refractivity contribution in [3.63, 3.8) is 0 Å². The van der Waals surface area contributed by atoms with Gasteiger partial charge in [0.25, 0.3) is 0 Å². The largest absolute Gasteiger partial charge is 0.340 e. The smallest absolute Gasteiger partial charge is 0.130 e. The van der Waals surface area contributed by atoms with E-state index in [1.54, 1.807) is 12.4 Å². The van der Waals surface area contributed by atoms with Crippen molar-refractivity contribution in [1.29, 1.82) is 0 Å². The summed E-state index contributed by atoms with van der Waals surface area (Å²) in [6, 6.07) is 7.71. The number of nitrogens with zero attached hydrogens (tertiary/aromatic N) is 2. The van der Waals surface area contributed by atoms with Crippen LogP contribution in [-0.2, 0) is 0 Å². The van der Waals surface area contributed by atoms with Gasteiger partial charge in [-0.15, -0.1) is 0 Å². The van der Waals surface area contributed by atoms with E-state index in [2.05, 4.69) is 15.3 Å². The predicted octanol–water partition coefficient (Wildman–Crippen LogP) is 2.53. The third-order valence-corrected chi connectivity index (χ3v) is 1.95. The second kappa shape index (κ2) is 3.87. The van der Waals surface area contributed by atoms with Gasteiger partial charge in [-0.3, -0.25) is 4.98 Å². The summed E-state index contributed by atoms with van der Waals surface area (Å²) in [5, 5.41) is 3.22. The van der Waals surface area contributed by atoms with Gasteiger partial charge in [-0.1, -0.05) is 6.07 Å². The molecule has 0 spiro atoms. The van der Waals surface area contributed by atoms with Crippen molar-refractivity contribution in [1.82, 2.24) is 9.97 Å². The topological polar surface area (TPSA) is 37.8 Å². The van der Waals surface area contributed by atoms with Crippen molar-refractivity contribution in [2.45, 2.75) is 6.92 Å². The molecule has 2 heterocycles. The van der Waals surface area contributed by atoms with Crippen molar-refractivity contribution >= 4 is 11.5 Å². The fraction of sp³-hybridized carbons (Fsp3) is 0.0909. The Kier molecular flexibility index (Phi) is 2.40. The summed E-state index contributed by atoms with van der Waals surface area (Å²) in [6.07, 6.45) is 5.35. The fourth-order valence-corrected chi connectivity index (χ4v) is 1.19. The third kappa shape index (κ3) is 1.88. The van der Waals surface area contributed by atoms with E-state index in [-0.39, 0.29) is 0 Å². The minimum absolute atomic E-state index is 0.849. The van der Waals surface area contributed by atoms with Crippen molar-refractivity contribution in [2.24, 2.45) is 0 Å². The van der Waals surface area contributed by atoms with Gasteiger partial charge < -0.3 is 5.32 Å². The highest BCUT2D eigenvalue weighted by Gasteiger charge is 1.97. The van der Waals surface area contributed by atoms with E-state index in [9.17, 15) is 0 Å². The van der Waals surface area contributed by atoms with Gasteiger partial charge in [0.1, 0.15) is 5.82 Å². The molecule has 0 saturated carbocycles. The molecular formula is C11H11N3. The Morgan fingerprint density at radius 3 is 2.79 bits per heavy atom. The minimum Gasteiger partial charge on any atom is -0.340 e. The molecule has 0 radical (unpaired) electrons. The Balaban J connectivity index is 2.24. The highest BCUT2D eigenvalue weighted by Crippen LogP contribution is 2.16. The summed E-state index contributed by atoms with van der Waals surface area (Å²) in [5.41, 5.74) is 2.15. The summed E-state index contributed by atoms with van der Waals surface area (Å²) in [7, 11) is 0. The molecule has 2 aromatic rings. The lowest BCUT2D eigenvalue weighted by atomic mass is 10.2. The van der Waals surface area contributed by atoms with Crippen LogP contribution < -0.4 is 5.32 Å². The van der Waals surface area contributed by atoms with Gasteiger partial charge in [0.05, 0.1) is 0 Å². The zero-order valence-corrected chi connectivity index (χ0v) is 7.94. The number of rotatable bonds is 2. The normalized spacial score (nSPS) is 9.79. The molecule has 3 heteroatoms. The zero-order valence-electron chi connectivity index (χ0n) is 7.94. The van der Waals surface area contributed by atoms with E-state index >= 15 is 0 Å². The zero-order chi connectivity index (χ0) is 9.80. The lowest BCUT2D eigenvalue weighted by molar-refractivity contribution is 1.24. The summed E-state index contributed by atoms with van der Waals surface area (Å²) in [4.78, 5) is 8.21. The number of nitrogens with one attached hydrogen (secondary N) is 1. The van der Waals surface area contributed by atoms with Crippen molar-refractivity contribution in [3.05, 3.63) is 48.4 Å². The van der Waals surface area contributed by atoms with E-state index in [0.717, 1.165) is 17.1 Å². The van der Waals surface area contributed by atoms with Crippen LogP contribution in [0, 0.1) is 6.92 Å². The van der Waals surface area contributed by atoms with Crippen molar-refractivity contribution < 1.29 is 0 Å². The first-order chi connectivity index (χ1) is 6.86. The molecule has 0 bridgehead atoms. The van der Waals surface area contributed by atoms with Gasteiger partial charge in [0.2, 0.25) is 0 Å². The summed E-state index contributed by atoms with van der Waals surface area (Å²) in [5.74, 6) is 0.849. The number of aromatic nitrogens is 2. The first-order valence-electron chi connectivity index (χ1n) is 4.45. The highest BCUT2D eigenvalue weighted by molar-refractivity contribution is 5.58. The van der Waals surface area contributed by atoms with E-state index < -0.39 is 0 Å². The van der Waals surface area contributed by atoms with E-state index in [1.165, 1.54) is 0 Å². The molecule has 0 saturated heterocycles. The number of hydrogen-bond acceptors (Lipinski definition) is 3. The molecule has 2 rings (SSSR count). The van der Waals surface area contributed by atoms with Crippen LogP contribution in [0.1, 0.15) is 5.56 Å². The van der Waals surface area contributed by atoms with Crippen LogP contribution in [0.5, 0.6) is 0 Å². The Hall–Kier alpha value is -1.90. The molecule has 0 aliphatic heterocycles. The number of hydrogen-bond donors (Lipinski definition) is 1. The molecule has 0 unspecified atom stereocenters. The van der Waals surface area contributed by atoms with Gasteiger partial charge in [0, 0.05) is 24.3 Å². The Bertz CT molecular complexity index is 412. The van der Waals surface area contributed by atoms with Crippen LogP contribution in [0.25, 0.3) is 0 Å². The molecular weight excluding hydrogens is 174 g/mol. The molecule has 70 valence electrons. The van der Waals surface area contributed by atoms with Gasteiger partial charge >= 0.3 is 0 Å². The maximum absolute atomic E-state index is 4.18. The minimum atomic E-state index is 0.849. The van der Waals surface area contributed by atoms with Crippen LogP contribution >= 0.6 is 0 Å². The summed E-state index contributed by atoms with van der Waals surface area (Å²) < 4.78 is 0. The average Bonchev–Trinajstić information content (AvgIpc) is 2.23. The average molecular weight is 185 g/mol. The molecule has 14 heavy (non-hydrogen) atoms. The Morgan fingerprint density at radius 2 is 2.07 bits per heavy atom. The van der Waals surface area contributed by atoms with Gasteiger partial charge in [-0.05, 0) is 30.7 Å². The first-order valence-corrected chi connectivity index (χ1v) is 4.45. The molecule has 0 atom stereocenters. The first kappa shape index (κ1) is 8.69. The SMILES string of the molecule is Cc1cnccc1Nc1ccccn1. The Labute approximate surface area is 82.8 Å². The summed E-state index contributed by atoms with van der Waals surface area (Å²) >= 11 is 0. The molecule has 0 aromatic carbocycles. The Morgan fingerprint density at radius 1 is 1.14 bits per heavy atom. The fourth-order valence-electron chi connectivity index (χ4n) is 1.19. The molecule has 0 fully saturated rings. The van der Waals surface area contributed by atoms with E-state index in [1.807, 2.05) is 37.4 Å². The molecule has 0 amide bonds. The van der Waals surface area contributed by atoms with E-state index in [4.69, 9.17) is 0 Å².